The van der Waals surface area contributed by atoms with E-state index in [1.807, 2.05) is 0 Å². The Kier molecular flexibility index (Phi) is 5.71. The van der Waals surface area contributed by atoms with E-state index in [1.54, 1.807) is 0 Å². The Labute approximate surface area is 179 Å². The molecule has 0 radical (unpaired) electrons. The number of ether oxygens (including phenoxy) is 1. The molecule has 6 heteroatoms. The zero-order valence-electron chi connectivity index (χ0n) is 18.9. The summed E-state index contributed by atoms with van der Waals surface area (Å²) in [5.41, 5.74) is 4.38. The van der Waals surface area contributed by atoms with Crippen LogP contribution in [0, 0.1) is 26.7 Å². The van der Waals surface area contributed by atoms with Crippen LogP contribution in [0.2, 0.25) is 0 Å². The van der Waals surface area contributed by atoms with Crippen molar-refractivity contribution in [2.24, 2.45) is 5.92 Å². The first kappa shape index (κ1) is 21.0. The standard InChI is InChI=1S/C24H34N4O2/c1-15-12-20-17(3)25-23(27-21(20)13-16(15)2)28-9-6-18(7-10-28)22(29)26-19-8-11-30-24(4,5)14-19/h12-13,18-19H,6-11,14H2,1-5H3,(H,26,29)/t19-/m1/s1. The molecule has 2 saturated heterocycles. The highest BCUT2D eigenvalue weighted by molar-refractivity contribution is 5.83. The van der Waals surface area contributed by atoms with Gasteiger partial charge < -0.3 is 15.0 Å². The van der Waals surface area contributed by atoms with Gasteiger partial charge in [0.25, 0.3) is 0 Å². The molecule has 1 aromatic carbocycles. The zero-order valence-corrected chi connectivity index (χ0v) is 18.9. The number of anilines is 1. The van der Waals surface area contributed by atoms with Crippen LogP contribution < -0.4 is 10.2 Å². The Morgan fingerprint density at radius 2 is 1.80 bits per heavy atom. The molecule has 6 nitrogen and oxygen atoms in total. The minimum absolute atomic E-state index is 0.0682. The fraction of sp³-hybridized carbons (Fsp3) is 0.625. The summed E-state index contributed by atoms with van der Waals surface area (Å²) < 4.78 is 5.77. The fourth-order valence-corrected chi connectivity index (χ4v) is 4.68. The van der Waals surface area contributed by atoms with Crippen LogP contribution in [0.5, 0.6) is 0 Å². The molecule has 1 amide bonds. The molecular weight excluding hydrogens is 376 g/mol. The lowest BCUT2D eigenvalue weighted by atomic mass is 9.91. The highest BCUT2D eigenvalue weighted by Crippen LogP contribution is 2.27. The third-order valence-corrected chi connectivity index (χ3v) is 6.68. The number of piperidine rings is 1. The van der Waals surface area contributed by atoms with Crippen molar-refractivity contribution in [1.29, 1.82) is 0 Å². The van der Waals surface area contributed by atoms with Gasteiger partial charge in [0.15, 0.2) is 0 Å². The predicted molar refractivity (Wildman–Crippen MR) is 120 cm³/mol. The molecule has 2 aromatic rings. The van der Waals surface area contributed by atoms with Crippen molar-refractivity contribution >= 4 is 22.8 Å². The second kappa shape index (κ2) is 8.14. The van der Waals surface area contributed by atoms with Gasteiger partial charge in [-0.1, -0.05) is 0 Å². The van der Waals surface area contributed by atoms with Gasteiger partial charge in [-0.05, 0) is 83.6 Å². The molecule has 1 atom stereocenters. The van der Waals surface area contributed by atoms with E-state index >= 15 is 0 Å². The lowest BCUT2D eigenvalue weighted by Crippen LogP contribution is -2.49. The van der Waals surface area contributed by atoms with E-state index in [2.05, 4.69) is 57.0 Å². The summed E-state index contributed by atoms with van der Waals surface area (Å²) in [7, 11) is 0. The van der Waals surface area contributed by atoms with Gasteiger partial charge in [-0.2, -0.15) is 0 Å². The minimum Gasteiger partial charge on any atom is -0.375 e. The predicted octanol–water partition coefficient (Wildman–Crippen LogP) is 3.85. The maximum Gasteiger partial charge on any atom is 0.226 e. The van der Waals surface area contributed by atoms with Crippen LogP contribution in [0.25, 0.3) is 10.9 Å². The molecule has 0 bridgehead atoms. The lowest BCUT2D eigenvalue weighted by Gasteiger charge is -2.37. The number of aryl methyl sites for hydroxylation is 3. The largest absolute Gasteiger partial charge is 0.375 e. The zero-order chi connectivity index (χ0) is 21.5. The number of fused-ring (bicyclic) bond motifs is 1. The lowest BCUT2D eigenvalue weighted by molar-refractivity contribution is -0.128. The second-order valence-corrected chi connectivity index (χ2v) is 9.63. The molecule has 2 aliphatic rings. The molecule has 0 saturated carbocycles. The number of aromatic nitrogens is 2. The Bertz CT molecular complexity index is 948. The Hall–Kier alpha value is -2.21. The number of carbonyl (C=O) groups is 1. The van der Waals surface area contributed by atoms with Crippen molar-refractivity contribution < 1.29 is 9.53 Å². The summed E-state index contributed by atoms with van der Waals surface area (Å²) in [6, 6.07) is 4.55. The topological polar surface area (TPSA) is 67.4 Å². The van der Waals surface area contributed by atoms with Gasteiger partial charge in [0.2, 0.25) is 11.9 Å². The summed E-state index contributed by atoms with van der Waals surface area (Å²) in [5, 5.41) is 4.40. The molecular formula is C24H34N4O2. The Balaban J connectivity index is 1.39. The van der Waals surface area contributed by atoms with Gasteiger partial charge in [-0.15, -0.1) is 0 Å². The van der Waals surface area contributed by atoms with Crippen molar-refractivity contribution in [3.63, 3.8) is 0 Å². The summed E-state index contributed by atoms with van der Waals surface area (Å²) in [6.07, 6.45) is 3.45. The van der Waals surface area contributed by atoms with E-state index in [9.17, 15) is 4.79 Å². The smallest absolute Gasteiger partial charge is 0.226 e. The number of nitrogens with zero attached hydrogens (tertiary/aromatic N) is 3. The summed E-state index contributed by atoms with van der Waals surface area (Å²) >= 11 is 0. The summed E-state index contributed by atoms with van der Waals surface area (Å²) in [6.45, 7) is 12.8. The summed E-state index contributed by atoms with van der Waals surface area (Å²) in [5.74, 6) is 1.05. The molecule has 3 heterocycles. The van der Waals surface area contributed by atoms with E-state index in [-0.39, 0.29) is 23.5 Å². The quantitative estimate of drug-likeness (QED) is 0.833. The molecule has 4 rings (SSSR count). The third-order valence-electron chi connectivity index (χ3n) is 6.68. The molecule has 0 unspecified atom stereocenters. The number of rotatable bonds is 3. The van der Waals surface area contributed by atoms with E-state index in [0.29, 0.717) is 6.61 Å². The second-order valence-electron chi connectivity index (χ2n) is 9.63. The van der Waals surface area contributed by atoms with E-state index in [0.717, 1.165) is 61.3 Å². The van der Waals surface area contributed by atoms with Crippen molar-refractivity contribution in [3.05, 3.63) is 29.0 Å². The molecule has 1 N–H and O–H groups in total. The molecule has 1 aromatic heterocycles. The van der Waals surface area contributed by atoms with Crippen molar-refractivity contribution in [2.45, 2.75) is 71.9 Å². The highest BCUT2D eigenvalue weighted by Gasteiger charge is 2.32. The van der Waals surface area contributed by atoms with Gasteiger partial charge in [0, 0.05) is 37.0 Å². The van der Waals surface area contributed by atoms with Crippen molar-refractivity contribution in [3.8, 4) is 0 Å². The van der Waals surface area contributed by atoms with Gasteiger partial charge >= 0.3 is 0 Å². The fourth-order valence-electron chi connectivity index (χ4n) is 4.68. The SMILES string of the molecule is Cc1cc2nc(N3CCC(C(=O)N[C@@H]4CCOC(C)(C)C4)CC3)nc(C)c2cc1C. The molecule has 30 heavy (non-hydrogen) atoms. The maximum atomic E-state index is 12.8. The van der Waals surface area contributed by atoms with E-state index in [4.69, 9.17) is 14.7 Å². The van der Waals surface area contributed by atoms with E-state index in [1.165, 1.54) is 11.1 Å². The normalized spacial score (nSPS) is 22.3. The van der Waals surface area contributed by atoms with Gasteiger partial charge in [0.1, 0.15) is 0 Å². The first-order chi connectivity index (χ1) is 14.2. The monoisotopic (exact) mass is 410 g/mol. The molecule has 2 fully saturated rings. The molecule has 162 valence electrons. The molecule has 2 aliphatic heterocycles. The van der Waals surface area contributed by atoms with Crippen LogP contribution in [-0.4, -0.2) is 47.2 Å². The number of hydrogen-bond acceptors (Lipinski definition) is 5. The number of hydrogen-bond donors (Lipinski definition) is 1. The van der Waals surface area contributed by atoms with Gasteiger partial charge in [0.05, 0.1) is 16.8 Å². The average molecular weight is 411 g/mol. The first-order valence-electron chi connectivity index (χ1n) is 11.2. The Morgan fingerprint density at radius 3 is 2.50 bits per heavy atom. The van der Waals surface area contributed by atoms with Crippen LogP contribution >= 0.6 is 0 Å². The van der Waals surface area contributed by atoms with Crippen molar-refractivity contribution in [1.82, 2.24) is 15.3 Å². The number of nitrogens with one attached hydrogen (secondary N) is 1. The molecule has 0 spiro atoms. The van der Waals surface area contributed by atoms with Crippen LogP contribution in [0.1, 0.15) is 56.4 Å². The van der Waals surface area contributed by atoms with Crippen LogP contribution in [0.15, 0.2) is 12.1 Å². The maximum absolute atomic E-state index is 12.8. The van der Waals surface area contributed by atoms with Gasteiger partial charge in [-0.3, -0.25) is 4.79 Å². The highest BCUT2D eigenvalue weighted by atomic mass is 16.5. The van der Waals surface area contributed by atoms with E-state index < -0.39 is 0 Å². The van der Waals surface area contributed by atoms with Crippen LogP contribution in [0.3, 0.4) is 0 Å². The van der Waals surface area contributed by atoms with Gasteiger partial charge in [-0.25, -0.2) is 9.97 Å². The van der Waals surface area contributed by atoms with Crippen LogP contribution in [0.4, 0.5) is 5.95 Å². The Morgan fingerprint density at radius 1 is 1.10 bits per heavy atom. The summed E-state index contributed by atoms with van der Waals surface area (Å²) in [4.78, 5) is 24.7. The first-order valence-corrected chi connectivity index (χ1v) is 11.2. The average Bonchev–Trinajstić information content (AvgIpc) is 2.69. The molecule has 0 aliphatic carbocycles. The van der Waals surface area contributed by atoms with Crippen LogP contribution in [-0.2, 0) is 9.53 Å². The number of carbonyl (C=O) groups excluding carboxylic acids is 1. The van der Waals surface area contributed by atoms with Crippen molar-refractivity contribution in [2.75, 3.05) is 24.6 Å². The third kappa shape index (κ3) is 4.43. The number of benzene rings is 1. The number of amides is 1. The minimum atomic E-state index is -0.151.